The minimum absolute atomic E-state index is 0.820. The number of fused-ring (bicyclic) bond motifs is 1. The molecule has 1 aromatic heterocycles. The number of anilines is 1. The Bertz CT molecular complexity index is 715. The van der Waals surface area contributed by atoms with Crippen molar-refractivity contribution in [3.63, 3.8) is 0 Å². The molecule has 0 atom stereocenters. The van der Waals surface area contributed by atoms with Crippen LogP contribution in [0.15, 0.2) is 35.3 Å². The summed E-state index contributed by atoms with van der Waals surface area (Å²) in [5.74, 6) is 1.20. The number of aromatic nitrogens is 2. The number of hydrogen-bond acceptors (Lipinski definition) is 4. The van der Waals surface area contributed by atoms with E-state index in [0.717, 1.165) is 44.0 Å². The third-order valence-corrected chi connectivity index (χ3v) is 4.45. The molecule has 2 aromatic rings. The Balaban J connectivity index is 1.96. The predicted octanol–water partition coefficient (Wildman–Crippen LogP) is 2.34. The molecule has 0 unspecified atom stereocenters. The Kier molecular flexibility index (Phi) is 5.00. The molecule has 0 radical (unpaired) electrons. The summed E-state index contributed by atoms with van der Waals surface area (Å²) in [4.78, 5) is 9.59. The Labute approximate surface area is 144 Å². The van der Waals surface area contributed by atoms with E-state index < -0.39 is 0 Å². The van der Waals surface area contributed by atoms with Gasteiger partial charge in [-0.05, 0) is 34.0 Å². The topological polar surface area (TPSA) is 36.7 Å². The summed E-state index contributed by atoms with van der Waals surface area (Å²) in [5, 5.41) is 4.69. The molecule has 0 N–H and O–H groups in total. The second-order valence-corrected chi connectivity index (χ2v) is 6.65. The molecular formula is C19H27N5. The number of nitrogens with zero attached hydrogens (tertiary/aromatic N) is 5. The molecule has 5 heteroatoms. The smallest absolute Gasteiger partial charge is 0.136 e. The summed E-state index contributed by atoms with van der Waals surface area (Å²) in [6, 6.07) is 10.5. The molecule has 0 amide bonds. The summed E-state index contributed by atoms with van der Waals surface area (Å²) in [6.07, 6.45) is 1.14. The van der Waals surface area contributed by atoms with E-state index in [1.54, 1.807) is 0 Å². The average Bonchev–Trinajstić information content (AvgIpc) is 2.74. The fraction of sp³-hybridized carbons (Fsp3) is 0.474. The molecule has 0 bridgehead atoms. The van der Waals surface area contributed by atoms with Crippen molar-refractivity contribution < 1.29 is 0 Å². The van der Waals surface area contributed by atoms with Crippen molar-refractivity contribution in [2.75, 3.05) is 45.2 Å². The van der Waals surface area contributed by atoms with Crippen LogP contribution in [0.1, 0.15) is 23.2 Å². The van der Waals surface area contributed by atoms with Crippen molar-refractivity contribution in [3.05, 3.63) is 47.2 Å². The molecule has 5 nitrogen and oxygen atoms in total. The van der Waals surface area contributed by atoms with Gasteiger partial charge in [0.2, 0.25) is 0 Å². The van der Waals surface area contributed by atoms with E-state index in [0.29, 0.717) is 0 Å². The third-order valence-electron chi connectivity index (χ3n) is 4.45. The van der Waals surface area contributed by atoms with Crippen molar-refractivity contribution >= 4 is 11.5 Å². The predicted molar refractivity (Wildman–Crippen MR) is 100 cm³/mol. The monoisotopic (exact) mass is 325 g/mol. The third kappa shape index (κ3) is 3.36. The first-order valence-corrected chi connectivity index (χ1v) is 8.61. The zero-order chi connectivity index (χ0) is 17.1. The van der Waals surface area contributed by atoms with Crippen LogP contribution in [0.5, 0.6) is 0 Å². The van der Waals surface area contributed by atoms with Gasteiger partial charge in [0.05, 0.1) is 23.5 Å². The first-order valence-electron chi connectivity index (χ1n) is 8.61. The molecule has 2 heterocycles. The van der Waals surface area contributed by atoms with Crippen molar-refractivity contribution in [3.8, 4) is 0 Å². The van der Waals surface area contributed by atoms with Gasteiger partial charge in [-0.15, -0.1) is 0 Å². The van der Waals surface area contributed by atoms with Gasteiger partial charge in [-0.25, -0.2) is 0 Å². The lowest BCUT2D eigenvalue weighted by Crippen LogP contribution is -2.31. The molecule has 0 spiro atoms. The van der Waals surface area contributed by atoms with Gasteiger partial charge in [0.1, 0.15) is 5.82 Å². The van der Waals surface area contributed by atoms with Crippen LogP contribution in [0.4, 0.5) is 5.82 Å². The van der Waals surface area contributed by atoms with Gasteiger partial charge in [-0.1, -0.05) is 30.3 Å². The van der Waals surface area contributed by atoms with Gasteiger partial charge in [0, 0.05) is 25.7 Å². The molecule has 1 aliphatic rings. The molecule has 128 valence electrons. The van der Waals surface area contributed by atoms with E-state index in [-0.39, 0.29) is 0 Å². The van der Waals surface area contributed by atoms with E-state index in [1.165, 1.54) is 16.9 Å². The molecule has 0 saturated carbocycles. The molecule has 1 aliphatic heterocycles. The molecule has 1 aromatic carbocycles. The maximum atomic E-state index is 4.91. The van der Waals surface area contributed by atoms with Crippen LogP contribution >= 0.6 is 0 Å². The van der Waals surface area contributed by atoms with Crippen LogP contribution in [-0.2, 0) is 7.05 Å². The number of rotatable bonds is 5. The van der Waals surface area contributed by atoms with Crippen LogP contribution < -0.4 is 4.90 Å². The number of aryl methyl sites for hydroxylation is 2. The Morgan fingerprint density at radius 2 is 1.92 bits per heavy atom. The second-order valence-electron chi connectivity index (χ2n) is 6.65. The van der Waals surface area contributed by atoms with E-state index in [1.807, 2.05) is 17.8 Å². The summed E-state index contributed by atoms with van der Waals surface area (Å²) < 4.78 is 2.02. The van der Waals surface area contributed by atoms with Crippen molar-refractivity contribution in [2.45, 2.75) is 13.3 Å². The van der Waals surface area contributed by atoms with Crippen LogP contribution in [0.25, 0.3) is 0 Å². The van der Waals surface area contributed by atoms with E-state index in [9.17, 15) is 0 Å². The lowest BCUT2D eigenvalue weighted by molar-refractivity contribution is 0.400. The van der Waals surface area contributed by atoms with E-state index >= 15 is 0 Å². The van der Waals surface area contributed by atoms with Gasteiger partial charge in [-0.2, -0.15) is 5.10 Å². The normalized spacial score (nSPS) is 14.5. The Hall–Kier alpha value is -2.14. The highest BCUT2D eigenvalue weighted by atomic mass is 15.4. The van der Waals surface area contributed by atoms with Crippen LogP contribution in [0.3, 0.4) is 0 Å². The van der Waals surface area contributed by atoms with Crippen LogP contribution in [0, 0.1) is 6.92 Å². The van der Waals surface area contributed by atoms with Gasteiger partial charge >= 0.3 is 0 Å². The second kappa shape index (κ2) is 7.18. The van der Waals surface area contributed by atoms with Crippen molar-refractivity contribution in [2.24, 2.45) is 12.0 Å². The van der Waals surface area contributed by atoms with Gasteiger partial charge in [0.25, 0.3) is 0 Å². The van der Waals surface area contributed by atoms with Gasteiger partial charge < -0.3 is 9.80 Å². The fourth-order valence-electron chi connectivity index (χ4n) is 3.38. The van der Waals surface area contributed by atoms with Crippen LogP contribution in [0.2, 0.25) is 0 Å². The minimum Gasteiger partial charge on any atom is -0.354 e. The maximum Gasteiger partial charge on any atom is 0.136 e. The largest absolute Gasteiger partial charge is 0.354 e. The highest BCUT2D eigenvalue weighted by Gasteiger charge is 2.26. The van der Waals surface area contributed by atoms with Crippen LogP contribution in [-0.4, -0.2) is 60.7 Å². The highest BCUT2D eigenvalue weighted by molar-refractivity contribution is 6.16. The van der Waals surface area contributed by atoms with Gasteiger partial charge in [0.15, 0.2) is 0 Å². The molecule has 3 rings (SSSR count). The standard InChI is InChI=1S/C19H27N5/c1-15-17-18(16-9-6-5-7-10-16)20-11-14-24(13-8-12-22(2)3)19(17)23(4)21-15/h5-7,9-10H,8,11-14H2,1-4H3. The summed E-state index contributed by atoms with van der Waals surface area (Å²) in [5.41, 5.74) is 4.48. The number of aliphatic imine (C=N–C) groups is 1. The summed E-state index contributed by atoms with van der Waals surface area (Å²) in [6.45, 7) is 5.97. The van der Waals surface area contributed by atoms with E-state index in [4.69, 9.17) is 4.99 Å². The van der Waals surface area contributed by atoms with Crippen molar-refractivity contribution in [1.29, 1.82) is 0 Å². The fourth-order valence-corrected chi connectivity index (χ4v) is 3.38. The first kappa shape index (κ1) is 16.7. The minimum atomic E-state index is 0.820. The molecule has 0 saturated heterocycles. The lowest BCUT2D eigenvalue weighted by atomic mass is 10.0. The SMILES string of the molecule is Cc1nn(C)c2c1C(c1ccccc1)=NCCN2CCCN(C)C. The molecule has 0 aliphatic carbocycles. The van der Waals surface area contributed by atoms with E-state index in [2.05, 4.69) is 60.2 Å². The first-order chi connectivity index (χ1) is 11.6. The molecular weight excluding hydrogens is 298 g/mol. The van der Waals surface area contributed by atoms with Gasteiger partial charge in [-0.3, -0.25) is 9.67 Å². The summed E-state index contributed by atoms with van der Waals surface area (Å²) in [7, 11) is 6.29. The lowest BCUT2D eigenvalue weighted by Gasteiger charge is -2.24. The Morgan fingerprint density at radius 3 is 2.62 bits per heavy atom. The number of hydrogen-bond donors (Lipinski definition) is 0. The average molecular weight is 325 g/mol. The molecule has 24 heavy (non-hydrogen) atoms. The summed E-state index contributed by atoms with van der Waals surface area (Å²) >= 11 is 0. The highest BCUT2D eigenvalue weighted by Crippen LogP contribution is 2.28. The molecule has 0 fully saturated rings. The number of benzene rings is 1. The zero-order valence-corrected chi connectivity index (χ0v) is 15.2. The quantitative estimate of drug-likeness (QED) is 0.847. The maximum absolute atomic E-state index is 4.91. The zero-order valence-electron chi connectivity index (χ0n) is 15.2. The Morgan fingerprint density at radius 1 is 1.17 bits per heavy atom. The van der Waals surface area contributed by atoms with Crippen molar-refractivity contribution in [1.82, 2.24) is 14.7 Å².